The summed E-state index contributed by atoms with van der Waals surface area (Å²) in [6.07, 6.45) is 12.3. The molecule has 2 heterocycles. The minimum absolute atomic E-state index is 0.406. The Morgan fingerprint density at radius 1 is 1.14 bits per heavy atom. The van der Waals surface area contributed by atoms with Gasteiger partial charge in [-0.1, -0.05) is 18.1 Å². The molecule has 2 aromatic heterocycles. The number of rotatable bonds is 4. The fourth-order valence-corrected chi connectivity index (χ4v) is 1.95. The van der Waals surface area contributed by atoms with Crippen LogP contribution in [0.2, 0.25) is 0 Å². The van der Waals surface area contributed by atoms with Gasteiger partial charge in [-0.2, -0.15) is 0 Å². The molecule has 102 valence electrons. The van der Waals surface area contributed by atoms with Crippen LogP contribution < -0.4 is 5.32 Å². The SMILES string of the molecule is C#CCNc1nccc(-c2ccc(-n3ccnc3)cc2)n1. The molecule has 0 radical (unpaired) electrons. The molecule has 0 unspecified atom stereocenters. The topological polar surface area (TPSA) is 55.6 Å². The lowest BCUT2D eigenvalue weighted by molar-refractivity contribution is 1.06. The predicted octanol–water partition coefficient (Wildman–Crippen LogP) is 2.37. The van der Waals surface area contributed by atoms with E-state index in [0.29, 0.717) is 12.5 Å². The van der Waals surface area contributed by atoms with Crippen LogP contribution in [0.3, 0.4) is 0 Å². The summed E-state index contributed by atoms with van der Waals surface area (Å²) in [5.74, 6) is 3.03. The number of nitrogens with one attached hydrogen (secondary N) is 1. The molecular weight excluding hydrogens is 262 g/mol. The molecule has 1 aromatic carbocycles. The van der Waals surface area contributed by atoms with E-state index in [2.05, 4.69) is 26.2 Å². The van der Waals surface area contributed by atoms with Crippen LogP contribution in [0.4, 0.5) is 5.95 Å². The average Bonchev–Trinajstić information content (AvgIpc) is 3.08. The lowest BCUT2D eigenvalue weighted by atomic mass is 10.1. The fraction of sp³-hybridized carbons (Fsp3) is 0.0625. The number of anilines is 1. The van der Waals surface area contributed by atoms with Crippen molar-refractivity contribution in [2.24, 2.45) is 0 Å². The molecule has 0 aliphatic heterocycles. The van der Waals surface area contributed by atoms with Crippen molar-refractivity contribution in [2.45, 2.75) is 0 Å². The molecule has 0 amide bonds. The van der Waals surface area contributed by atoms with Crippen LogP contribution >= 0.6 is 0 Å². The second-order valence-corrected chi connectivity index (χ2v) is 4.34. The lowest BCUT2D eigenvalue weighted by Crippen LogP contribution is -2.03. The third-order valence-corrected chi connectivity index (χ3v) is 2.97. The Bertz CT molecular complexity index is 754. The van der Waals surface area contributed by atoms with E-state index in [1.54, 1.807) is 18.7 Å². The second kappa shape index (κ2) is 5.88. The summed E-state index contributed by atoms with van der Waals surface area (Å²) in [7, 11) is 0. The first-order valence-electron chi connectivity index (χ1n) is 6.46. The zero-order valence-electron chi connectivity index (χ0n) is 11.3. The van der Waals surface area contributed by atoms with E-state index in [1.165, 1.54) is 0 Å². The van der Waals surface area contributed by atoms with Gasteiger partial charge in [0.15, 0.2) is 0 Å². The van der Waals surface area contributed by atoms with Gasteiger partial charge in [0.2, 0.25) is 5.95 Å². The van der Waals surface area contributed by atoms with E-state index in [4.69, 9.17) is 6.42 Å². The van der Waals surface area contributed by atoms with Crippen molar-refractivity contribution >= 4 is 5.95 Å². The summed E-state index contributed by atoms with van der Waals surface area (Å²) >= 11 is 0. The van der Waals surface area contributed by atoms with Crippen LogP contribution in [0.25, 0.3) is 16.9 Å². The van der Waals surface area contributed by atoms with Gasteiger partial charge in [-0.3, -0.25) is 0 Å². The molecule has 0 saturated heterocycles. The summed E-state index contributed by atoms with van der Waals surface area (Å²) in [6.45, 7) is 0.406. The molecule has 0 atom stereocenters. The van der Waals surface area contributed by atoms with Gasteiger partial charge >= 0.3 is 0 Å². The first kappa shape index (κ1) is 12.9. The zero-order valence-corrected chi connectivity index (χ0v) is 11.3. The van der Waals surface area contributed by atoms with Gasteiger partial charge in [-0.25, -0.2) is 15.0 Å². The smallest absolute Gasteiger partial charge is 0.223 e. The molecule has 0 aliphatic rings. The monoisotopic (exact) mass is 275 g/mol. The van der Waals surface area contributed by atoms with Gasteiger partial charge in [0, 0.05) is 29.8 Å². The molecule has 21 heavy (non-hydrogen) atoms. The summed E-state index contributed by atoms with van der Waals surface area (Å²) in [4.78, 5) is 12.6. The van der Waals surface area contributed by atoms with Gasteiger partial charge < -0.3 is 9.88 Å². The maximum Gasteiger partial charge on any atom is 0.223 e. The van der Waals surface area contributed by atoms with Gasteiger partial charge in [0.1, 0.15) is 0 Å². The van der Waals surface area contributed by atoms with Gasteiger partial charge in [-0.15, -0.1) is 6.42 Å². The Morgan fingerprint density at radius 2 is 2.00 bits per heavy atom. The summed E-state index contributed by atoms with van der Waals surface area (Å²) in [5, 5.41) is 2.97. The summed E-state index contributed by atoms with van der Waals surface area (Å²) < 4.78 is 1.95. The molecule has 1 N–H and O–H groups in total. The Morgan fingerprint density at radius 3 is 2.71 bits per heavy atom. The van der Waals surface area contributed by atoms with Crippen LogP contribution in [0.15, 0.2) is 55.2 Å². The van der Waals surface area contributed by atoms with E-state index < -0.39 is 0 Å². The normalized spacial score (nSPS) is 10.0. The van der Waals surface area contributed by atoms with Crippen molar-refractivity contribution in [3.05, 3.63) is 55.2 Å². The van der Waals surface area contributed by atoms with Crippen LogP contribution in [-0.2, 0) is 0 Å². The minimum atomic E-state index is 0.406. The van der Waals surface area contributed by atoms with E-state index in [1.807, 2.05) is 41.1 Å². The molecule has 0 bridgehead atoms. The summed E-state index contributed by atoms with van der Waals surface area (Å²) in [5.41, 5.74) is 2.92. The molecule has 5 nitrogen and oxygen atoms in total. The second-order valence-electron chi connectivity index (χ2n) is 4.34. The maximum atomic E-state index is 5.21. The van der Waals surface area contributed by atoms with Crippen molar-refractivity contribution in [3.8, 4) is 29.3 Å². The Balaban J connectivity index is 1.85. The van der Waals surface area contributed by atoms with Crippen LogP contribution in [0, 0.1) is 12.3 Å². The predicted molar refractivity (Wildman–Crippen MR) is 81.9 cm³/mol. The highest BCUT2D eigenvalue weighted by molar-refractivity contribution is 5.61. The number of nitrogens with zero attached hydrogens (tertiary/aromatic N) is 4. The number of terminal acetylenes is 1. The van der Waals surface area contributed by atoms with E-state index in [9.17, 15) is 0 Å². The Kier molecular flexibility index (Phi) is 3.61. The van der Waals surface area contributed by atoms with Crippen LogP contribution in [0.5, 0.6) is 0 Å². The van der Waals surface area contributed by atoms with E-state index >= 15 is 0 Å². The first-order chi connectivity index (χ1) is 10.4. The number of imidazole rings is 1. The van der Waals surface area contributed by atoms with Gasteiger partial charge in [0.05, 0.1) is 18.6 Å². The number of aromatic nitrogens is 4. The quantitative estimate of drug-likeness (QED) is 0.743. The lowest BCUT2D eigenvalue weighted by Gasteiger charge is -2.06. The van der Waals surface area contributed by atoms with Gasteiger partial charge in [-0.05, 0) is 18.2 Å². The fourth-order valence-electron chi connectivity index (χ4n) is 1.95. The van der Waals surface area contributed by atoms with Crippen LogP contribution in [-0.4, -0.2) is 26.1 Å². The highest BCUT2D eigenvalue weighted by Gasteiger charge is 2.02. The first-order valence-corrected chi connectivity index (χ1v) is 6.46. The number of benzene rings is 1. The molecule has 0 aliphatic carbocycles. The maximum absolute atomic E-state index is 5.21. The van der Waals surface area contributed by atoms with E-state index in [-0.39, 0.29) is 0 Å². The average molecular weight is 275 g/mol. The molecule has 0 saturated carbocycles. The van der Waals surface area contributed by atoms with Crippen molar-refractivity contribution in [1.82, 2.24) is 19.5 Å². The molecule has 0 spiro atoms. The number of hydrogen-bond acceptors (Lipinski definition) is 4. The molecule has 3 rings (SSSR count). The molecule has 3 aromatic rings. The zero-order chi connectivity index (χ0) is 14.5. The summed E-state index contributed by atoms with van der Waals surface area (Å²) in [6, 6.07) is 9.94. The molecule has 5 heteroatoms. The Hall–Kier alpha value is -3.13. The standard InChI is InChI=1S/C16H13N5/c1-2-8-18-16-19-9-7-15(20-16)13-3-5-14(6-4-13)21-11-10-17-12-21/h1,3-7,9-12H,8H2,(H,18,19,20). The third kappa shape index (κ3) is 2.90. The van der Waals surface area contributed by atoms with Crippen LogP contribution in [0.1, 0.15) is 0 Å². The molecule has 0 fully saturated rings. The minimum Gasteiger partial charge on any atom is -0.343 e. The highest BCUT2D eigenvalue weighted by Crippen LogP contribution is 2.19. The van der Waals surface area contributed by atoms with E-state index in [0.717, 1.165) is 16.9 Å². The van der Waals surface area contributed by atoms with Crippen molar-refractivity contribution < 1.29 is 0 Å². The van der Waals surface area contributed by atoms with Crippen molar-refractivity contribution in [1.29, 1.82) is 0 Å². The molecular formula is C16H13N5. The third-order valence-electron chi connectivity index (χ3n) is 2.97. The Labute approximate surface area is 122 Å². The number of hydrogen-bond donors (Lipinski definition) is 1. The van der Waals surface area contributed by atoms with Crippen molar-refractivity contribution in [3.63, 3.8) is 0 Å². The highest BCUT2D eigenvalue weighted by atomic mass is 15.1. The largest absolute Gasteiger partial charge is 0.343 e. The van der Waals surface area contributed by atoms with Crippen molar-refractivity contribution in [2.75, 3.05) is 11.9 Å². The van der Waals surface area contributed by atoms with Gasteiger partial charge in [0.25, 0.3) is 0 Å².